The second-order valence-corrected chi connectivity index (χ2v) is 4.90. The van der Waals surface area contributed by atoms with E-state index in [-0.39, 0.29) is 17.0 Å². The summed E-state index contributed by atoms with van der Waals surface area (Å²) in [6.07, 6.45) is 2.54. The first kappa shape index (κ1) is 9.67. The Kier molecular flexibility index (Phi) is 3.22. The number of amides is 1. The van der Waals surface area contributed by atoms with Crippen LogP contribution >= 0.6 is 0 Å². The Labute approximate surface area is 74.1 Å². The van der Waals surface area contributed by atoms with Gasteiger partial charge in [-0.2, -0.15) is 0 Å². The van der Waals surface area contributed by atoms with Crippen molar-refractivity contribution in [1.29, 1.82) is 0 Å². The fraction of sp³-hybridized carbons (Fsp3) is 0.857. The van der Waals surface area contributed by atoms with E-state index in [0.717, 1.165) is 19.3 Å². The molecule has 4 N–H and O–H groups in total. The van der Waals surface area contributed by atoms with Crippen molar-refractivity contribution in [2.75, 3.05) is 5.75 Å². The summed E-state index contributed by atoms with van der Waals surface area (Å²) >= 11 is 0. The average molecular weight is 190 g/mol. The molecule has 12 heavy (non-hydrogen) atoms. The van der Waals surface area contributed by atoms with E-state index in [0.29, 0.717) is 0 Å². The van der Waals surface area contributed by atoms with Gasteiger partial charge < -0.3 is 11.5 Å². The third-order valence-electron chi connectivity index (χ3n) is 2.08. The lowest BCUT2D eigenvalue weighted by Crippen LogP contribution is -2.26. The van der Waals surface area contributed by atoms with Crippen LogP contribution in [0.15, 0.2) is 0 Å². The lowest BCUT2D eigenvalue weighted by molar-refractivity contribution is -0.115. The minimum Gasteiger partial charge on any atom is -0.369 e. The summed E-state index contributed by atoms with van der Waals surface area (Å²) in [7, 11) is -1.10. The van der Waals surface area contributed by atoms with E-state index in [2.05, 4.69) is 0 Å². The van der Waals surface area contributed by atoms with Crippen LogP contribution in [0, 0.1) is 0 Å². The predicted molar refractivity (Wildman–Crippen MR) is 47.8 cm³/mol. The fourth-order valence-electron chi connectivity index (χ4n) is 1.47. The van der Waals surface area contributed by atoms with Crippen LogP contribution in [0.2, 0.25) is 0 Å². The van der Waals surface area contributed by atoms with E-state index in [9.17, 15) is 9.00 Å². The Morgan fingerprint density at radius 3 is 2.58 bits per heavy atom. The molecular formula is C7H14N2O2S. The first-order chi connectivity index (χ1) is 5.59. The molecule has 0 aromatic carbocycles. The summed E-state index contributed by atoms with van der Waals surface area (Å²) in [4.78, 5) is 10.4. The van der Waals surface area contributed by atoms with Gasteiger partial charge >= 0.3 is 0 Å². The van der Waals surface area contributed by atoms with Gasteiger partial charge in [0.25, 0.3) is 0 Å². The molecule has 0 radical (unpaired) electrons. The maximum absolute atomic E-state index is 11.4. The molecule has 0 aliphatic heterocycles. The van der Waals surface area contributed by atoms with Crippen molar-refractivity contribution in [3.63, 3.8) is 0 Å². The largest absolute Gasteiger partial charge is 0.369 e. The van der Waals surface area contributed by atoms with Gasteiger partial charge in [0.2, 0.25) is 5.91 Å². The normalized spacial score (nSPS) is 31.8. The molecule has 0 spiro atoms. The van der Waals surface area contributed by atoms with Crippen LogP contribution in [-0.4, -0.2) is 27.2 Å². The maximum atomic E-state index is 11.4. The van der Waals surface area contributed by atoms with E-state index in [1.165, 1.54) is 0 Å². The van der Waals surface area contributed by atoms with Crippen LogP contribution in [0.1, 0.15) is 19.3 Å². The molecule has 0 heterocycles. The minimum absolute atomic E-state index is 0.0165. The first-order valence-corrected chi connectivity index (χ1v) is 5.39. The maximum Gasteiger partial charge on any atom is 0.230 e. The second-order valence-electron chi connectivity index (χ2n) is 3.19. The van der Waals surface area contributed by atoms with Crippen LogP contribution < -0.4 is 11.5 Å². The Balaban J connectivity index is 2.38. The second kappa shape index (κ2) is 4.00. The Hall–Kier alpha value is -0.420. The number of nitrogens with two attached hydrogens (primary N) is 2. The lowest BCUT2D eigenvalue weighted by atomic mass is 10.3. The van der Waals surface area contributed by atoms with Crippen molar-refractivity contribution in [2.45, 2.75) is 30.6 Å². The zero-order valence-corrected chi connectivity index (χ0v) is 7.68. The van der Waals surface area contributed by atoms with Gasteiger partial charge in [-0.05, 0) is 19.3 Å². The van der Waals surface area contributed by atoms with Crippen LogP contribution in [0.4, 0.5) is 0 Å². The Morgan fingerprint density at radius 2 is 2.17 bits per heavy atom. The standard InChI is InChI=1S/C7H14N2O2S/c8-5-1-2-6(3-5)12(11)4-7(9)10/h5-6H,1-4,8H2,(H2,9,10). The van der Waals surface area contributed by atoms with Crippen molar-refractivity contribution < 1.29 is 9.00 Å². The van der Waals surface area contributed by atoms with E-state index in [1.54, 1.807) is 0 Å². The van der Waals surface area contributed by atoms with Gasteiger partial charge in [0.05, 0.1) is 0 Å². The summed E-state index contributed by atoms with van der Waals surface area (Å²) in [6, 6.07) is 0.159. The lowest BCUT2D eigenvalue weighted by Gasteiger charge is -2.06. The zero-order chi connectivity index (χ0) is 9.14. The molecular weight excluding hydrogens is 176 g/mol. The molecule has 0 aromatic rings. The molecule has 0 bridgehead atoms. The number of rotatable bonds is 3. The molecule has 4 nitrogen and oxygen atoms in total. The minimum atomic E-state index is -1.10. The third kappa shape index (κ3) is 2.57. The quantitative estimate of drug-likeness (QED) is 0.604. The smallest absolute Gasteiger partial charge is 0.230 e. The van der Waals surface area contributed by atoms with E-state index in [1.807, 2.05) is 0 Å². The molecule has 1 amide bonds. The molecule has 70 valence electrons. The molecule has 3 unspecified atom stereocenters. The van der Waals surface area contributed by atoms with Crippen LogP contribution in [0.25, 0.3) is 0 Å². The summed E-state index contributed by atoms with van der Waals surface area (Å²) in [5.74, 6) is -0.508. The Morgan fingerprint density at radius 1 is 1.50 bits per heavy atom. The molecule has 5 heteroatoms. The van der Waals surface area contributed by atoms with Gasteiger partial charge in [0.1, 0.15) is 5.75 Å². The van der Waals surface area contributed by atoms with Gasteiger partial charge in [-0.3, -0.25) is 9.00 Å². The topological polar surface area (TPSA) is 86.2 Å². The fourth-order valence-corrected chi connectivity index (χ4v) is 2.85. The predicted octanol–water partition coefficient (Wildman–Crippen LogP) is -0.900. The highest BCUT2D eigenvalue weighted by molar-refractivity contribution is 7.86. The number of carbonyl (C=O) groups is 1. The molecule has 1 rings (SSSR count). The molecule has 1 saturated carbocycles. The zero-order valence-electron chi connectivity index (χ0n) is 6.86. The van der Waals surface area contributed by atoms with Crippen LogP contribution in [-0.2, 0) is 15.6 Å². The van der Waals surface area contributed by atoms with Crippen LogP contribution in [0.5, 0.6) is 0 Å². The molecule has 1 aliphatic rings. The number of carbonyl (C=O) groups excluding carboxylic acids is 1. The molecule has 3 atom stereocenters. The van der Waals surface area contributed by atoms with E-state index in [4.69, 9.17) is 11.5 Å². The highest BCUT2D eigenvalue weighted by Gasteiger charge is 2.27. The molecule has 0 aromatic heterocycles. The summed E-state index contributed by atoms with van der Waals surface area (Å²) in [5, 5.41) is 0.0903. The van der Waals surface area contributed by atoms with Crippen molar-refractivity contribution in [1.82, 2.24) is 0 Å². The summed E-state index contributed by atoms with van der Waals surface area (Å²) in [6.45, 7) is 0. The van der Waals surface area contributed by atoms with Crippen molar-refractivity contribution in [3.05, 3.63) is 0 Å². The first-order valence-electron chi connectivity index (χ1n) is 4.00. The number of primary amides is 1. The van der Waals surface area contributed by atoms with Crippen LogP contribution in [0.3, 0.4) is 0 Å². The molecule has 0 saturated heterocycles. The van der Waals surface area contributed by atoms with Crippen molar-refractivity contribution in [2.24, 2.45) is 11.5 Å². The summed E-state index contributed by atoms with van der Waals surface area (Å²) in [5.41, 5.74) is 10.6. The average Bonchev–Trinajstić information content (AvgIpc) is 2.34. The monoisotopic (exact) mass is 190 g/mol. The highest BCUT2D eigenvalue weighted by atomic mass is 32.2. The third-order valence-corrected chi connectivity index (χ3v) is 3.82. The SMILES string of the molecule is NC(=O)CS(=O)C1CCC(N)C1. The Bertz CT molecular complexity index is 208. The number of hydrogen-bond acceptors (Lipinski definition) is 3. The van der Waals surface area contributed by atoms with Gasteiger partial charge in [-0.25, -0.2) is 0 Å². The molecule has 1 fully saturated rings. The number of hydrogen-bond donors (Lipinski definition) is 2. The van der Waals surface area contributed by atoms with E-state index >= 15 is 0 Å². The summed E-state index contributed by atoms with van der Waals surface area (Å²) < 4.78 is 11.4. The van der Waals surface area contributed by atoms with Gasteiger partial charge in [-0.1, -0.05) is 0 Å². The van der Waals surface area contributed by atoms with Gasteiger partial charge in [0.15, 0.2) is 0 Å². The van der Waals surface area contributed by atoms with Crippen molar-refractivity contribution in [3.8, 4) is 0 Å². The van der Waals surface area contributed by atoms with Gasteiger partial charge in [-0.15, -0.1) is 0 Å². The van der Waals surface area contributed by atoms with Crippen molar-refractivity contribution >= 4 is 16.7 Å². The van der Waals surface area contributed by atoms with E-state index < -0.39 is 16.7 Å². The highest BCUT2D eigenvalue weighted by Crippen LogP contribution is 2.22. The molecule has 1 aliphatic carbocycles. The van der Waals surface area contributed by atoms with Gasteiger partial charge in [0, 0.05) is 22.1 Å².